The number of amides is 1. The summed E-state index contributed by atoms with van der Waals surface area (Å²) in [6.07, 6.45) is 3.14. The third-order valence-corrected chi connectivity index (χ3v) is 3.72. The van der Waals surface area contributed by atoms with Crippen LogP contribution in [0.1, 0.15) is 49.7 Å². The van der Waals surface area contributed by atoms with Crippen LogP contribution in [0.25, 0.3) is 0 Å². The molecule has 1 aromatic heterocycles. The van der Waals surface area contributed by atoms with E-state index in [-0.39, 0.29) is 17.2 Å². The topological polar surface area (TPSA) is 81.9 Å². The maximum Gasteiger partial charge on any atom is 0.276 e. The number of pyridine rings is 1. The Morgan fingerprint density at radius 1 is 1.19 bits per heavy atom. The van der Waals surface area contributed by atoms with E-state index in [1.165, 1.54) is 16.8 Å². The van der Waals surface area contributed by atoms with Crippen molar-refractivity contribution in [2.24, 2.45) is 5.10 Å². The zero-order valence-corrected chi connectivity index (χ0v) is 16.1. The first kappa shape index (κ1) is 20.2. The molecule has 1 amide bonds. The number of aromatic nitrogens is 1. The van der Waals surface area contributed by atoms with Gasteiger partial charge in [-0.1, -0.05) is 0 Å². The smallest absolute Gasteiger partial charge is 0.276 e. The van der Waals surface area contributed by atoms with Gasteiger partial charge in [0, 0.05) is 12.2 Å². The molecule has 0 aliphatic rings. The van der Waals surface area contributed by atoms with Crippen molar-refractivity contribution in [3.05, 3.63) is 58.0 Å². The minimum atomic E-state index is -0.554. The Morgan fingerprint density at radius 2 is 1.89 bits per heavy atom. The Balaban J connectivity index is 2.13. The van der Waals surface area contributed by atoms with E-state index in [2.05, 4.69) is 10.5 Å². The first-order valence-electron chi connectivity index (χ1n) is 8.92. The number of hydrogen-bond acceptors (Lipinski definition) is 5. The summed E-state index contributed by atoms with van der Waals surface area (Å²) in [5, 5.41) is 3.94. The quantitative estimate of drug-likeness (QED) is 0.571. The summed E-state index contributed by atoms with van der Waals surface area (Å²) in [5.41, 5.74) is 2.82. The van der Waals surface area contributed by atoms with Crippen LogP contribution in [-0.2, 0) is 0 Å². The molecule has 2 rings (SSSR count). The second kappa shape index (κ2) is 9.56. The zero-order chi connectivity index (χ0) is 19.8. The van der Waals surface area contributed by atoms with Gasteiger partial charge < -0.3 is 14.0 Å². The van der Waals surface area contributed by atoms with Crippen molar-refractivity contribution in [1.82, 2.24) is 9.99 Å². The van der Waals surface area contributed by atoms with Gasteiger partial charge in [0.1, 0.15) is 5.56 Å². The lowest BCUT2D eigenvalue weighted by Crippen LogP contribution is -2.31. The van der Waals surface area contributed by atoms with Crippen LogP contribution in [0, 0.1) is 0 Å². The molecule has 7 nitrogen and oxygen atoms in total. The lowest BCUT2D eigenvalue weighted by molar-refractivity contribution is 0.0953. The van der Waals surface area contributed by atoms with Gasteiger partial charge >= 0.3 is 0 Å². The summed E-state index contributed by atoms with van der Waals surface area (Å²) in [7, 11) is 0. The van der Waals surface area contributed by atoms with Crippen LogP contribution in [0.15, 0.2) is 46.4 Å². The van der Waals surface area contributed by atoms with Crippen LogP contribution >= 0.6 is 0 Å². The predicted octanol–water partition coefficient (Wildman–Crippen LogP) is 2.99. The highest BCUT2D eigenvalue weighted by atomic mass is 16.5. The maximum atomic E-state index is 12.3. The van der Waals surface area contributed by atoms with Gasteiger partial charge in [-0.3, -0.25) is 9.59 Å². The average Bonchev–Trinajstić information content (AvgIpc) is 2.64. The standard InChI is InChI=1S/C20H25N3O4/c1-5-26-17-10-9-15(12-18(17)27-6-2)13-21-22-19(24)16-8-7-11-23(14(3)4)20(16)25/h7-14H,5-6H2,1-4H3,(H,22,24)/b21-13-. The zero-order valence-electron chi connectivity index (χ0n) is 16.1. The fraction of sp³-hybridized carbons (Fsp3) is 0.350. The van der Waals surface area contributed by atoms with E-state index < -0.39 is 5.91 Å². The van der Waals surface area contributed by atoms with Crippen LogP contribution in [-0.4, -0.2) is 29.9 Å². The van der Waals surface area contributed by atoms with Crippen molar-refractivity contribution in [2.75, 3.05) is 13.2 Å². The lowest BCUT2D eigenvalue weighted by atomic mass is 10.2. The number of hydrogen-bond donors (Lipinski definition) is 1. The number of benzene rings is 1. The third kappa shape index (κ3) is 5.20. The van der Waals surface area contributed by atoms with Crippen molar-refractivity contribution in [3.8, 4) is 11.5 Å². The highest BCUT2D eigenvalue weighted by Crippen LogP contribution is 2.27. The molecule has 0 spiro atoms. The predicted molar refractivity (Wildman–Crippen MR) is 105 cm³/mol. The first-order chi connectivity index (χ1) is 13.0. The SMILES string of the molecule is CCOc1ccc(/C=N\NC(=O)c2cccn(C(C)C)c2=O)cc1OCC. The Bertz CT molecular complexity index is 872. The molecule has 1 N–H and O–H groups in total. The summed E-state index contributed by atoms with van der Waals surface area (Å²) in [6.45, 7) is 8.59. The van der Waals surface area contributed by atoms with Crippen LogP contribution in [0.2, 0.25) is 0 Å². The van der Waals surface area contributed by atoms with Crippen molar-refractivity contribution in [3.63, 3.8) is 0 Å². The summed E-state index contributed by atoms with van der Waals surface area (Å²) < 4.78 is 12.6. The molecule has 0 bridgehead atoms. The highest BCUT2D eigenvalue weighted by molar-refractivity contribution is 5.94. The molecule has 144 valence electrons. The maximum absolute atomic E-state index is 12.3. The molecule has 0 aliphatic heterocycles. The van der Waals surface area contributed by atoms with E-state index in [4.69, 9.17) is 9.47 Å². The molecule has 0 unspecified atom stereocenters. The fourth-order valence-corrected chi connectivity index (χ4v) is 2.46. The summed E-state index contributed by atoms with van der Waals surface area (Å²) in [6, 6.07) is 8.48. The number of rotatable bonds is 8. The van der Waals surface area contributed by atoms with E-state index in [0.29, 0.717) is 24.7 Å². The van der Waals surface area contributed by atoms with Crippen LogP contribution < -0.4 is 20.5 Å². The normalized spacial score (nSPS) is 11.0. The molecule has 0 saturated heterocycles. The Labute approximate surface area is 158 Å². The highest BCUT2D eigenvalue weighted by Gasteiger charge is 2.12. The second-order valence-corrected chi connectivity index (χ2v) is 6.00. The van der Waals surface area contributed by atoms with Gasteiger partial charge in [-0.2, -0.15) is 5.10 Å². The van der Waals surface area contributed by atoms with Crippen LogP contribution in [0.5, 0.6) is 11.5 Å². The van der Waals surface area contributed by atoms with Gasteiger partial charge in [0.05, 0.1) is 19.4 Å². The number of hydrazone groups is 1. The van der Waals surface area contributed by atoms with Crippen LogP contribution in [0.4, 0.5) is 0 Å². The van der Waals surface area contributed by atoms with Crippen molar-refractivity contribution >= 4 is 12.1 Å². The molecule has 27 heavy (non-hydrogen) atoms. The Morgan fingerprint density at radius 3 is 2.56 bits per heavy atom. The van der Waals surface area contributed by atoms with Crippen molar-refractivity contribution < 1.29 is 14.3 Å². The van der Waals surface area contributed by atoms with Gasteiger partial charge in [-0.15, -0.1) is 0 Å². The number of nitrogens with one attached hydrogen (secondary N) is 1. The third-order valence-electron chi connectivity index (χ3n) is 3.72. The average molecular weight is 371 g/mol. The summed E-state index contributed by atoms with van der Waals surface area (Å²) >= 11 is 0. The molecule has 1 heterocycles. The molecule has 2 aromatic rings. The molecule has 0 fully saturated rings. The van der Waals surface area contributed by atoms with Gasteiger partial charge in [0.15, 0.2) is 11.5 Å². The first-order valence-corrected chi connectivity index (χ1v) is 8.92. The van der Waals surface area contributed by atoms with Gasteiger partial charge in [0.25, 0.3) is 11.5 Å². The molecule has 0 aliphatic carbocycles. The molecule has 1 aromatic carbocycles. The number of carbonyl (C=O) groups excluding carboxylic acids is 1. The molecular weight excluding hydrogens is 346 g/mol. The van der Waals surface area contributed by atoms with Gasteiger partial charge in [0.2, 0.25) is 0 Å². The number of nitrogens with zero attached hydrogens (tertiary/aromatic N) is 2. The van der Waals surface area contributed by atoms with E-state index in [0.717, 1.165) is 5.56 Å². The van der Waals surface area contributed by atoms with Gasteiger partial charge in [-0.25, -0.2) is 5.43 Å². The van der Waals surface area contributed by atoms with Crippen LogP contribution in [0.3, 0.4) is 0 Å². The minimum Gasteiger partial charge on any atom is -0.490 e. The molecule has 7 heteroatoms. The number of carbonyl (C=O) groups is 1. The molecule has 0 radical (unpaired) electrons. The summed E-state index contributed by atoms with van der Waals surface area (Å²) in [5.74, 6) is 0.707. The molecule has 0 saturated carbocycles. The summed E-state index contributed by atoms with van der Waals surface area (Å²) in [4.78, 5) is 24.6. The van der Waals surface area contributed by atoms with E-state index in [1.54, 1.807) is 30.5 Å². The Hall–Kier alpha value is -3.09. The molecule has 0 atom stereocenters. The lowest BCUT2D eigenvalue weighted by Gasteiger charge is -2.11. The number of ether oxygens (including phenoxy) is 2. The fourth-order valence-electron chi connectivity index (χ4n) is 2.46. The van der Waals surface area contributed by atoms with E-state index in [9.17, 15) is 9.59 Å². The van der Waals surface area contributed by atoms with Crippen molar-refractivity contribution in [2.45, 2.75) is 33.7 Å². The van der Waals surface area contributed by atoms with E-state index >= 15 is 0 Å². The monoisotopic (exact) mass is 371 g/mol. The Kier molecular flexibility index (Phi) is 7.16. The molecular formula is C20H25N3O4. The van der Waals surface area contributed by atoms with Gasteiger partial charge in [-0.05, 0) is 63.6 Å². The van der Waals surface area contributed by atoms with E-state index in [1.807, 2.05) is 27.7 Å². The largest absolute Gasteiger partial charge is 0.490 e. The second-order valence-electron chi connectivity index (χ2n) is 6.00. The minimum absolute atomic E-state index is 0.0328. The van der Waals surface area contributed by atoms with Crippen molar-refractivity contribution in [1.29, 1.82) is 0 Å².